The summed E-state index contributed by atoms with van der Waals surface area (Å²) < 4.78 is 5.90. The first-order chi connectivity index (χ1) is 24.7. The minimum Gasteiger partial charge on any atom is -0.465 e. The van der Waals surface area contributed by atoms with Crippen molar-refractivity contribution in [3.8, 4) is 0 Å². The molecule has 0 rings (SSSR count). The van der Waals surface area contributed by atoms with Crippen molar-refractivity contribution < 1.29 is 9.53 Å². The number of hydrogen-bond acceptors (Lipinski definition) is 2. The summed E-state index contributed by atoms with van der Waals surface area (Å²) in [5.74, 6) is 0.639. The first-order valence-corrected chi connectivity index (χ1v) is 23.9. The molecule has 0 aromatic heterocycles. The molecule has 0 aliphatic heterocycles. The van der Waals surface area contributed by atoms with Gasteiger partial charge in [-0.05, 0) is 25.2 Å². The topological polar surface area (TPSA) is 26.3 Å². The Morgan fingerprint density at radius 3 is 0.800 bits per heavy atom. The van der Waals surface area contributed by atoms with Crippen molar-refractivity contribution >= 4 is 5.97 Å². The molecule has 2 nitrogen and oxygen atoms in total. The van der Waals surface area contributed by atoms with E-state index in [2.05, 4.69) is 20.8 Å². The maximum atomic E-state index is 12.6. The van der Waals surface area contributed by atoms with Gasteiger partial charge in [0.1, 0.15) is 0 Å². The van der Waals surface area contributed by atoms with Crippen molar-refractivity contribution in [3.63, 3.8) is 0 Å². The highest BCUT2D eigenvalue weighted by molar-refractivity contribution is 5.69. The van der Waals surface area contributed by atoms with E-state index in [0.29, 0.717) is 18.9 Å². The summed E-state index contributed by atoms with van der Waals surface area (Å²) in [6.45, 7) is 7.57. The molecule has 300 valence electrons. The SMILES string of the molecule is CCCCCCCCCCCCCCCCC(CCCCCCCCCCCCCC)COC(=O)CCCCCCCCCCCCCCC. The third kappa shape index (κ3) is 41.9. The Morgan fingerprint density at radius 2 is 0.540 bits per heavy atom. The summed E-state index contributed by atoms with van der Waals surface area (Å²) in [5, 5.41) is 0. The highest BCUT2D eigenvalue weighted by Gasteiger charge is 2.12. The highest BCUT2D eigenvalue weighted by Crippen LogP contribution is 2.21. The number of esters is 1. The maximum Gasteiger partial charge on any atom is 0.305 e. The van der Waals surface area contributed by atoms with Crippen LogP contribution in [0.25, 0.3) is 0 Å². The van der Waals surface area contributed by atoms with Crippen LogP contribution in [0.2, 0.25) is 0 Å². The van der Waals surface area contributed by atoms with Crippen molar-refractivity contribution in [2.75, 3.05) is 6.61 Å². The quantitative estimate of drug-likeness (QED) is 0.0466. The lowest BCUT2D eigenvalue weighted by atomic mass is 9.94. The molecule has 0 aliphatic carbocycles. The molecule has 0 N–H and O–H groups in total. The van der Waals surface area contributed by atoms with Crippen molar-refractivity contribution in [1.82, 2.24) is 0 Å². The Hall–Kier alpha value is -0.530. The van der Waals surface area contributed by atoms with E-state index in [1.54, 1.807) is 0 Å². The number of hydrogen-bond donors (Lipinski definition) is 0. The monoisotopic (exact) mass is 705 g/mol. The van der Waals surface area contributed by atoms with Crippen LogP contribution in [-0.4, -0.2) is 12.6 Å². The number of ether oxygens (including phenoxy) is 1. The zero-order chi connectivity index (χ0) is 36.3. The van der Waals surface area contributed by atoms with E-state index in [1.165, 1.54) is 257 Å². The molecule has 0 saturated heterocycles. The molecule has 0 fully saturated rings. The fourth-order valence-corrected chi connectivity index (χ4v) is 7.78. The summed E-state index contributed by atoms with van der Waals surface area (Å²) in [4.78, 5) is 12.6. The third-order valence-electron chi connectivity index (χ3n) is 11.4. The van der Waals surface area contributed by atoms with Crippen LogP contribution >= 0.6 is 0 Å². The average Bonchev–Trinajstić information content (AvgIpc) is 3.12. The van der Waals surface area contributed by atoms with Crippen molar-refractivity contribution in [2.45, 2.75) is 290 Å². The second-order valence-electron chi connectivity index (χ2n) is 16.6. The standard InChI is InChI=1S/C48H96O2/c1-4-7-10-13-16-19-22-25-27-29-32-35-38-41-44-47(43-40-37-34-31-28-24-21-18-15-12-9-6-3)46-50-48(49)45-42-39-36-33-30-26-23-20-17-14-11-8-5-2/h47H,4-46H2,1-3H3. The number of unbranched alkanes of at least 4 members (excludes halogenated alkanes) is 36. The Morgan fingerprint density at radius 1 is 0.320 bits per heavy atom. The van der Waals surface area contributed by atoms with Crippen LogP contribution in [0.4, 0.5) is 0 Å². The predicted molar refractivity (Wildman–Crippen MR) is 225 cm³/mol. The molecule has 0 aromatic carbocycles. The molecule has 1 atom stereocenters. The first kappa shape index (κ1) is 49.5. The van der Waals surface area contributed by atoms with Gasteiger partial charge in [0.15, 0.2) is 0 Å². The van der Waals surface area contributed by atoms with Crippen LogP contribution in [0.3, 0.4) is 0 Å². The normalized spacial score (nSPS) is 12.1. The Kier molecular flexibility index (Phi) is 44.2. The molecule has 50 heavy (non-hydrogen) atoms. The van der Waals surface area contributed by atoms with E-state index >= 15 is 0 Å². The van der Waals surface area contributed by atoms with Crippen LogP contribution in [0.15, 0.2) is 0 Å². The van der Waals surface area contributed by atoms with Gasteiger partial charge in [-0.15, -0.1) is 0 Å². The van der Waals surface area contributed by atoms with E-state index in [4.69, 9.17) is 4.74 Å². The van der Waals surface area contributed by atoms with Gasteiger partial charge in [0, 0.05) is 6.42 Å². The zero-order valence-corrected chi connectivity index (χ0v) is 35.3. The molecular weight excluding hydrogens is 609 g/mol. The largest absolute Gasteiger partial charge is 0.465 e. The van der Waals surface area contributed by atoms with Gasteiger partial charge in [0.05, 0.1) is 6.61 Å². The van der Waals surface area contributed by atoms with Crippen molar-refractivity contribution in [2.24, 2.45) is 5.92 Å². The van der Waals surface area contributed by atoms with Crippen molar-refractivity contribution in [3.05, 3.63) is 0 Å². The minimum absolute atomic E-state index is 0.0636. The number of rotatable bonds is 44. The van der Waals surface area contributed by atoms with Gasteiger partial charge in [0.2, 0.25) is 0 Å². The smallest absolute Gasteiger partial charge is 0.305 e. The molecule has 0 amide bonds. The van der Waals surface area contributed by atoms with Crippen LogP contribution in [0.5, 0.6) is 0 Å². The highest BCUT2D eigenvalue weighted by atomic mass is 16.5. The number of carbonyl (C=O) groups excluding carboxylic acids is 1. The van der Waals surface area contributed by atoms with Crippen LogP contribution in [0, 0.1) is 5.92 Å². The van der Waals surface area contributed by atoms with Crippen LogP contribution in [-0.2, 0) is 9.53 Å². The predicted octanol–water partition coefficient (Wildman–Crippen LogP) is 17.6. The van der Waals surface area contributed by atoms with Crippen LogP contribution < -0.4 is 0 Å². The second kappa shape index (κ2) is 44.6. The molecule has 0 aromatic rings. The molecule has 2 heteroatoms. The lowest BCUT2D eigenvalue weighted by Crippen LogP contribution is -2.14. The van der Waals surface area contributed by atoms with E-state index in [9.17, 15) is 4.79 Å². The van der Waals surface area contributed by atoms with Gasteiger partial charge in [0.25, 0.3) is 0 Å². The fraction of sp³-hybridized carbons (Fsp3) is 0.979. The van der Waals surface area contributed by atoms with Gasteiger partial charge in [-0.25, -0.2) is 0 Å². The molecule has 0 saturated carbocycles. The molecule has 0 heterocycles. The summed E-state index contributed by atoms with van der Waals surface area (Å²) in [6.07, 6.45) is 57.3. The molecule has 0 spiro atoms. The Labute approximate surface area is 317 Å². The van der Waals surface area contributed by atoms with Gasteiger partial charge < -0.3 is 4.74 Å². The minimum atomic E-state index is 0.0636. The third-order valence-corrected chi connectivity index (χ3v) is 11.4. The zero-order valence-electron chi connectivity index (χ0n) is 35.3. The summed E-state index contributed by atoms with van der Waals surface area (Å²) in [5.41, 5.74) is 0. The molecule has 0 bridgehead atoms. The van der Waals surface area contributed by atoms with Crippen molar-refractivity contribution in [1.29, 1.82) is 0 Å². The first-order valence-electron chi connectivity index (χ1n) is 23.9. The average molecular weight is 705 g/mol. The van der Waals surface area contributed by atoms with Gasteiger partial charge in [-0.3, -0.25) is 4.79 Å². The van der Waals surface area contributed by atoms with Gasteiger partial charge >= 0.3 is 5.97 Å². The Bertz CT molecular complexity index is 615. The van der Waals surface area contributed by atoms with Gasteiger partial charge in [-0.1, -0.05) is 265 Å². The second-order valence-corrected chi connectivity index (χ2v) is 16.6. The summed E-state index contributed by atoms with van der Waals surface area (Å²) in [6, 6.07) is 0. The molecule has 1 unspecified atom stereocenters. The maximum absolute atomic E-state index is 12.6. The summed E-state index contributed by atoms with van der Waals surface area (Å²) >= 11 is 0. The molecule has 0 aliphatic rings. The van der Waals surface area contributed by atoms with E-state index in [0.717, 1.165) is 6.42 Å². The number of carbonyl (C=O) groups is 1. The lowest BCUT2D eigenvalue weighted by Gasteiger charge is -2.17. The van der Waals surface area contributed by atoms with E-state index in [1.807, 2.05) is 0 Å². The van der Waals surface area contributed by atoms with Gasteiger partial charge in [-0.2, -0.15) is 0 Å². The molecular formula is C48H96O2. The fourth-order valence-electron chi connectivity index (χ4n) is 7.78. The lowest BCUT2D eigenvalue weighted by molar-refractivity contribution is -0.145. The Balaban J connectivity index is 4.04. The van der Waals surface area contributed by atoms with E-state index in [-0.39, 0.29) is 5.97 Å². The summed E-state index contributed by atoms with van der Waals surface area (Å²) in [7, 11) is 0. The van der Waals surface area contributed by atoms with Crippen LogP contribution in [0.1, 0.15) is 290 Å². The molecule has 0 radical (unpaired) electrons. The van der Waals surface area contributed by atoms with E-state index < -0.39 is 0 Å².